The summed E-state index contributed by atoms with van der Waals surface area (Å²) in [7, 11) is 2.62. The molecule has 0 bridgehead atoms. The van der Waals surface area contributed by atoms with Gasteiger partial charge in [-0.2, -0.15) is 0 Å². The van der Waals surface area contributed by atoms with Crippen molar-refractivity contribution in [3.8, 4) is 39.9 Å². The normalized spacial score (nSPS) is 10.6. The highest BCUT2D eigenvalue weighted by Gasteiger charge is 2.19. The Morgan fingerprint density at radius 2 is 1.35 bits per heavy atom. The second-order valence-corrected chi connectivity index (χ2v) is 7.43. The Hall–Kier alpha value is -4.59. The first kappa shape index (κ1) is 22.6. The molecule has 8 heteroatoms. The summed E-state index contributed by atoms with van der Waals surface area (Å²) in [5, 5.41) is 10.5. The average Bonchev–Trinajstić information content (AvgIpc) is 2.87. The molecule has 8 nitrogen and oxygen atoms in total. The van der Waals surface area contributed by atoms with Gasteiger partial charge in [-0.1, -0.05) is 36.4 Å². The Labute approximate surface area is 195 Å². The Morgan fingerprint density at radius 3 is 2.00 bits per heavy atom. The van der Waals surface area contributed by atoms with E-state index in [1.807, 2.05) is 13.0 Å². The lowest BCUT2D eigenvalue weighted by Crippen LogP contribution is -2.07. The minimum atomic E-state index is -0.528. The molecule has 0 aliphatic heterocycles. The fraction of sp³-hybridized carbons (Fsp3) is 0.115. The van der Waals surface area contributed by atoms with Crippen LogP contribution in [0.5, 0.6) is 5.75 Å². The minimum absolute atomic E-state index is 0.0189. The van der Waals surface area contributed by atoms with Crippen LogP contribution in [0.4, 0.5) is 0 Å². The molecule has 0 aliphatic rings. The van der Waals surface area contributed by atoms with Crippen molar-refractivity contribution in [3.63, 3.8) is 0 Å². The number of rotatable bonds is 5. The molecule has 34 heavy (non-hydrogen) atoms. The number of benzene rings is 3. The highest BCUT2D eigenvalue weighted by Crippen LogP contribution is 2.31. The van der Waals surface area contributed by atoms with Crippen LogP contribution in [0.3, 0.4) is 0 Å². The first-order chi connectivity index (χ1) is 16.4. The van der Waals surface area contributed by atoms with Crippen LogP contribution >= 0.6 is 0 Å². The molecule has 0 aliphatic carbocycles. The smallest absolute Gasteiger partial charge is 0.338 e. The van der Waals surface area contributed by atoms with Crippen molar-refractivity contribution in [1.82, 2.24) is 15.0 Å². The van der Waals surface area contributed by atoms with Gasteiger partial charge in [-0.25, -0.2) is 24.5 Å². The van der Waals surface area contributed by atoms with Crippen LogP contribution in [0.1, 0.15) is 26.3 Å². The van der Waals surface area contributed by atoms with Crippen molar-refractivity contribution in [3.05, 3.63) is 83.4 Å². The molecule has 4 rings (SSSR count). The Balaban J connectivity index is 1.93. The molecule has 3 aromatic carbocycles. The number of carbonyl (C=O) groups excluding carboxylic acids is 2. The van der Waals surface area contributed by atoms with Crippen LogP contribution < -0.4 is 0 Å². The molecule has 170 valence electrons. The summed E-state index contributed by atoms with van der Waals surface area (Å²) in [4.78, 5) is 37.9. The highest BCUT2D eigenvalue weighted by molar-refractivity contribution is 5.96. The first-order valence-corrected chi connectivity index (χ1v) is 10.3. The molecule has 0 amide bonds. The van der Waals surface area contributed by atoms with Crippen molar-refractivity contribution >= 4 is 11.9 Å². The van der Waals surface area contributed by atoms with E-state index in [2.05, 4.69) is 15.0 Å². The van der Waals surface area contributed by atoms with Crippen molar-refractivity contribution in [2.24, 2.45) is 0 Å². The number of methoxy groups -OCH3 is 2. The van der Waals surface area contributed by atoms with Gasteiger partial charge in [0.15, 0.2) is 17.5 Å². The van der Waals surface area contributed by atoms with Crippen molar-refractivity contribution in [1.29, 1.82) is 0 Å². The summed E-state index contributed by atoms with van der Waals surface area (Å²) in [6.45, 7) is 1.86. The molecule has 0 fully saturated rings. The number of aromatic nitrogens is 3. The molecule has 1 N–H and O–H groups in total. The number of aryl methyl sites for hydroxylation is 1. The van der Waals surface area contributed by atoms with Crippen molar-refractivity contribution < 1.29 is 24.2 Å². The maximum Gasteiger partial charge on any atom is 0.338 e. The Bertz CT molecular complexity index is 1380. The molecular formula is C26H21N3O5. The van der Waals surface area contributed by atoms with E-state index in [1.165, 1.54) is 14.2 Å². The van der Waals surface area contributed by atoms with Gasteiger partial charge in [0.1, 0.15) is 5.75 Å². The third kappa shape index (κ3) is 4.47. The number of nitrogens with zero attached hydrogens (tertiary/aromatic N) is 3. The monoisotopic (exact) mass is 455 g/mol. The number of aromatic hydroxyl groups is 1. The molecule has 1 aromatic heterocycles. The average molecular weight is 455 g/mol. The molecule has 0 radical (unpaired) electrons. The van der Waals surface area contributed by atoms with E-state index >= 15 is 0 Å². The molecule has 1 heterocycles. The summed E-state index contributed by atoms with van der Waals surface area (Å²) in [5.41, 5.74) is 3.04. The lowest BCUT2D eigenvalue weighted by atomic mass is 10.1. The second kappa shape index (κ2) is 9.50. The van der Waals surface area contributed by atoms with Crippen LogP contribution in [-0.4, -0.2) is 46.2 Å². The number of phenols is 1. The number of ether oxygens (including phenoxy) is 2. The van der Waals surface area contributed by atoms with E-state index < -0.39 is 11.9 Å². The molecule has 0 unspecified atom stereocenters. The first-order valence-electron chi connectivity index (χ1n) is 10.3. The third-order valence-electron chi connectivity index (χ3n) is 5.17. The van der Waals surface area contributed by atoms with Gasteiger partial charge < -0.3 is 14.6 Å². The van der Waals surface area contributed by atoms with E-state index in [1.54, 1.807) is 60.7 Å². The lowest BCUT2D eigenvalue weighted by molar-refractivity contribution is 0.0592. The quantitative estimate of drug-likeness (QED) is 0.439. The SMILES string of the molecule is COC(=O)c1ccc(-c2nc(-c3ccc(C)cc3O)nc(-c3ccccc3C(=O)OC)n2)cc1. The molecule has 0 spiro atoms. The van der Waals surface area contributed by atoms with Crippen LogP contribution in [0.2, 0.25) is 0 Å². The zero-order valence-electron chi connectivity index (χ0n) is 18.8. The van der Waals surface area contributed by atoms with Crippen molar-refractivity contribution in [2.45, 2.75) is 6.92 Å². The molecule has 0 atom stereocenters. The van der Waals surface area contributed by atoms with Crippen LogP contribution in [0, 0.1) is 6.92 Å². The highest BCUT2D eigenvalue weighted by atomic mass is 16.5. The summed E-state index contributed by atoms with van der Waals surface area (Å²) in [6, 6.07) is 18.6. The van der Waals surface area contributed by atoms with E-state index in [-0.39, 0.29) is 17.4 Å². The van der Waals surface area contributed by atoms with Crippen molar-refractivity contribution in [2.75, 3.05) is 14.2 Å². The zero-order chi connectivity index (χ0) is 24.2. The van der Waals surface area contributed by atoms with Gasteiger partial charge in [0.2, 0.25) is 0 Å². The summed E-state index contributed by atoms with van der Waals surface area (Å²) in [6.07, 6.45) is 0. The minimum Gasteiger partial charge on any atom is -0.507 e. The fourth-order valence-electron chi connectivity index (χ4n) is 3.42. The topological polar surface area (TPSA) is 112 Å². The van der Waals surface area contributed by atoms with Gasteiger partial charge in [0, 0.05) is 11.1 Å². The van der Waals surface area contributed by atoms with Gasteiger partial charge in [0.05, 0.1) is 30.9 Å². The molecule has 4 aromatic rings. The van der Waals surface area contributed by atoms with Gasteiger partial charge in [-0.15, -0.1) is 0 Å². The van der Waals surface area contributed by atoms with Gasteiger partial charge in [0.25, 0.3) is 0 Å². The fourth-order valence-corrected chi connectivity index (χ4v) is 3.42. The van der Waals surface area contributed by atoms with E-state index in [9.17, 15) is 14.7 Å². The number of hydrogen-bond donors (Lipinski definition) is 1. The van der Waals surface area contributed by atoms with E-state index in [0.29, 0.717) is 33.6 Å². The zero-order valence-corrected chi connectivity index (χ0v) is 18.8. The standard InChI is InChI=1S/C26H21N3O5/c1-15-8-13-20(21(30)14-15)24-28-22(16-9-11-17(12-10-16)25(31)33-2)27-23(29-24)18-6-4-5-7-19(18)26(32)34-3/h4-14,30H,1-3H3. The maximum absolute atomic E-state index is 12.4. The van der Waals surface area contributed by atoms with Gasteiger partial charge in [-0.3, -0.25) is 0 Å². The Morgan fingerprint density at radius 1 is 0.735 bits per heavy atom. The summed E-state index contributed by atoms with van der Waals surface area (Å²) < 4.78 is 9.67. The molecular weight excluding hydrogens is 434 g/mol. The second-order valence-electron chi connectivity index (χ2n) is 7.43. The summed E-state index contributed by atoms with van der Waals surface area (Å²) in [5.74, 6) is -0.200. The molecule has 0 saturated heterocycles. The van der Waals surface area contributed by atoms with E-state index in [4.69, 9.17) is 9.47 Å². The number of carbonyl (C=O) groups is 2. The maximum atomic E-state index is 12.4. The number of esters is 2. The largest absolute Gasteiger partial charge is 0.507 e. The van der Waals surface area contributed by atoms with Gasteiger partial charge >= 0.3 is 11.9 Å². The summed E-state index contributed by atoms with van der Waals surface area (Å²) >= 11 is 0. The van der Waals surface area contributed by atoms with E-state index in [0.717, 1.165) is 5.56 Å². The van der Waals surface area contributed by atoms with Crippen LogP contribution in [-0.2, 0) is 9.47 Å². The molecule has 0 saturated carbocycles. The number of hydrogen-bond acceptors (Lipinski definition) is 8. The third-order valence-corrected chi connectivity index (χ3v) is 5.17. The lowest BCUT2D eigenvalue weighted by Gasteiger charge is -2.11. The van der Waals surface area contributed by atoms with Crippen LogP contribution in [0.15, 0.2) is 66.7 Å². The Kier molecular flexibility index (Phi) is 6.31. The van der Waals surface area contributed by atoms with Gasteiger partial charge in [-0.05, 0) is 42.8 Å². The number of phenolic OH excluding ortho intramolecular Hbond substituents is 1. The van der Waals surface area contributed by atoms with Crippen LogP contribution in [0.25, 0.3) is 34.2 Å². The predicted octanol–water partition coefficient (Wildman–Crippen LogP) is 4.46. The predicted molar refractivity (Wildman–Crippen MR) is 125 cm³/mol.